The number of carbonyl (C=O) groups excluding carboxylic acids is 1. The van der Waals surface area contributed by atoms with Crippen LogP contribution in [0.25, 0.3) is 0 Å². The molecular weight excluding hydrogens is 416 g/mol. The number of amides is 1. The van der Waals surface area contributed by atoms with E-state index in [4.69, 9.17) is 9.47 Å². The molecule has 4 rings (SSSR count). The van der Waals surface area contributed by atoms with E-state index < -0.39 is 10.0 Å². The van der Waals surface area contributed by atoms with Gasteiger partial charge in [0.1, 0.15) is 0 Å². The average molecular weight is 445 g/mol. The molecule has 31 heavy (non-hydrogen) atoms. The Labute approximate surface area is 183 Å². The fourth-order valence-corrected chi connectivity index (χ4v) is 5.08. The van der Waals surface area contributed by atoms with Gasteiger partial charge in [0, 0.05) is 13.0 Å². The Bertz CT molecular complexity index is 1080. The third kappa shape index (κ3) is 4.70. The maximum absolute atomic E-state index is 12.9. The summed E-state index contributed by atoms with van der Waals surface area (Å²) in [5.74, 6) is 1.19. The number of likely N-dealkylation sites (tertiary alicyclic amines) is 1. The zero-order valence-electron chi connectivity index (χ0n) is 17.9. The van der Waals surface area contributed by atoms with Gasteiger partial charge < -0.3 is 14.4 Å². The Balaban J connectivity index is 1.46. The third-order valence-electron chi connectivity index (χ3n) is 5.93. The van der Waals surface area contributed by atoms with Gasteiger partial charge in [-0.05, 0) is 67.6 Å². The first-order valence-corrected chi connectivity index (χ1v) is 12.1. The van der Waals surface area contributed by atoms with Crippen LogP contribution >= 0.6 is 0 Å². The van der Waals surface area contributed by atoms with E-state index >= 15 is 0 Å². The number of carbonyl (C=O) groups is 1. The van der Waals surface area contributed by atoms with Crippen LogP contribution in [0.3, 0.4) is 0 Å². The fourth-order valence-electron chi connectivity index (χ4n) is 4.02. The summed E-state index contributed by atoms with van der Waals surface area (Å²) in [5.41, 5.74) is 2.89. The van der Waals surface area contributed by atoms with Gasteiger partial charge in [0.2, 0.25) is 15.9 Å². The highest BCUT2D eigenvalue weighted by Gasteiger charge is 2.31. The number of rotatable bonds is 5. The van der Waals surface area contributed by atoms with Crippen molar-refractivity contribution >= 4 is 15.9 Å². The molecule has 0 spiro atoms. The summed E-state index contributed by atoms with van der Waals surface area (Å²) in [6.07, 6.45) is 2.53. The Morgan fingerprint density at radius 1 is 1.03 bits per heavy atom. The number of aryl methyl sites for hydroxylation is 2. The Kier molecular flexibility index (Phi) is 6.20. The number of benzene rings is 2. The van der Waals surface area contributed by atoms with Crippen LogP contribution in [-0.2, 0) is 14.8 Å². The van der Waals surface area contributed by atoms with Crippen molar-refractivity contribution in [2.75, 3.05) is 26.3 Å². The van der Waals surface area contributed by atoms with Gasteiger partial charge in [-0.15, -0.1) is 0 Å². The highest BCUT2D eigenvalue weighted by atomic mass is 32.2. The molecule has 0 bridgehead atoms. The van der Waals surface area contributed by atoms with E-state index in [9.17, 15) is 13.2 Å². The standard InChI is InChI=1S/C23H28N2O5S/c1-16-6-8-19(13-17(16)2)31(27,28)24-15-23(26)25-10-3-5-20(25)18-7-9-21-22(14-18)30-12-4-11-29-21/h6-9,13-14,20,24H,3-5,10-12,15H2,1-2H3/t20-/m1/s1. The van der Waals surface area contributed by atoms with E-state index in [-0.39, 0.29) is 23.4 Å². The predicted molar refractivity (Wildman–Crippen MR) is 117 cm³/mol. The Morgan fingerprint density at radius 3 is 2.58 bits per heavy atom. The second-order valence-corrected chi connectivity index (χ2v) is 9.84. The zero-order valence-corrected chi connectivity index (χ0v) is 18.7. The number of ether oxygens (including phenoxy) is 2. The van der Waals surface area contributed by atoms with Crippen molar-refractivity contribution in [2.45, 2.75) is 44.0 Å². The van der Waals surface area contributed by atoms with Crippen molar-refractivity contribution in [3.8, 4) is 11.5 Å². The molecule has 7 nitrogen and oxygen atoms in total. The number of nitrogens with one attached hydrogen (secondary N) is 1. The molecule has 1 N–H and O–H groups in total. The molecule has 0 saturated carbocycles. The lowest BCUT2D eigenvalue weighted by Crippen LogP contribution is -2.39. The maximum Gasteiger partial charge on any atom is 0.241 e. The molecule has 1 fully saturated rings. The molecule has 8 heteroatoms. The molecule has 0 aliphatic carbocycles. The average Bonchev–Trinajstić information content (AvgIpc) is 3.12. The molecule has 2 aliphatic rings. The van der Waals surface area contributed by atoms with Crippen molar-refractivity contribution in [3.05, 3.63) is 53.1 Å². The number of hydrogen-bond donors (Lipinski definition) is 1. The lowest BCUT2D eigenvalue weighted by Gasteiger charge is -2.26. The maximum atomic E-state index is 12.9. The number of nitrogens with zero attached hydrogens (tertiary/aromatic N) is 1. The highest BCUT2D eigenvalue weighted by molar-refractivity contribution is 7.89. The van der Waals surface area contributed by atoms with Crippen LogP contribution in [0, 0.1) is 13.8 Å². The van der Waals surface area contributed by atoms with Crippen molar-refractivity contribution in [1.29, 1.82) is 0 Å². The van der Waals surface area contributed by atoms with Gasteiger partial charge in [0.05, 0.1) is 30.7 Å². The summed E-state index contributed by atoms with van der Waals surface area (Å²) >= 11 is 0. The number of fused-ring (bicyclic) bond motifs is 1. The van der Waals surface area contributed by atoms with E-state index in [2.05, 4.69) is 4.72 Å². The molecule has 2 aliphatic heterocycles. The minimum Gasteiger partial charge on any atom is -0.490 e. The lowest BCUT2D eigenvalue weighted by atomic mass is 10.0. The fraction of sp³-hybridized carbons (Fsp3) is 0.435. The van der Waals surface area contributed by atoms with Gasteiger partial charge in [-0.2, -0.15) is 0 Å². The van der Waals surface area contributed by atoms with Gasteiger partial charge in [0.25, 0.3) is 0 Å². The van der Waals surface area contributed by atoms with Gasteiger partial charge >= 0.3 is 0 Å². The molecule has 0 unspecified atom stereocenters. The van der Waals surface area contributed by atoms with Gasteiger partial charge in [-0.1, -0.05) is 12.1 Å². The van der Waals surface area contributed by atoms with E-state index in [0.717, 1.165) is 41.7 Å². The van der Waals surface area contributed by atoms with Gasteiger partial charge in [-0.25, -0.2) is 13.1 Å². The van der Waals surface area contributed by atoms with Crippen molar-refractivity contribution in [2.24, 2.45) is 0 Å². The summed E-state index contributed by atoms with van der Waals surface area (Å²) in [5, 5.41) is 0. The minimum absolute atomic E-state index is 0.101. The molecule has 1 saturated heterocycles. The van der Waals surface area contributed by atoms with Crippen LogP contribution in [0.15, 0.2) is 41.3 Å². The summed E-state index contributed by atoms with van der Waals surface area (Å²) in [6, 6.07) is 10.6. The second-order valence-electron chi connectivity index (χ2n) is 8.07. The molecule has 166 valence electrons. The topological polar surface area (TPSA) is 84.9 Å². The Hall–Kier alpha value is -2.58. The van der Waals surface area contributed by atoms with E-state index in [0.29, 0.717) is 25.5 Å². The highest BCUT2D eigenvalue weighted by Crippen LogP contribution is 2.37. The van der Waals surface area contributed by atoms with Crippen molar-refractivity contribution < 1.29 is 22.7 Å². The molecular formula is C23H28N2O5S. The molecule has 2 heterocycles. The monoisotopic (exact) mass is 444 g/mol. The molecule has 1 amide bonds. The van der Waals surface area contributed by atoms with E-state index in [1.54, 1.807) is 23.1 Å². The summed E-state index contributed by atoms with van der Waals surface area (Å²) in [7, 11) is -3.76. The van der Waals surface area contributed by atoms with Crippen molar-refractivity contribution in [3.63, 3.8) is 0 Å². The first-order valence-electron chi connectivity index (χ1n) is 10.6. The van der Waals surface area contributed by atoms with Crippen LogP contribution in [0.1, 0.15) is 42.0 Å². The van der Waals surface area contributed by atoms with Crippen LogP contribution in [-0.4, -0.2) is 45.5 Å². The molecule has 2 aromatic rings. The quantitative estimate of drug-likeness (QED) is 0.766. The molecule has 2 aromatic carbocycles. The predicted octanol–water partition coefficient (Wildman–Crippen LogP) is 3.11. The van der Waals surface area contributed by atoms with E-state index in [1.165, 1.54) is 0 Å². The van der Waals surface area contributed by atoms with Gasteiger partial charge in [-0.3, -0.25) is 4.79 Å². The Morgan fingerprint density at radius 2 is 1.81 bits per heavy atom. The second kappa shape index (κ2) is 8.88. The SMILES string of the molecule is Cc1ccc(S(=O)(=O)NCC(=O)N2CCC[C@@H]2c2ccc3c(c2)OCCCO3)cc1C. The number of sulfonamides is 1. The minimum atomic E-state index is -3.76. The summed E-state index contributed by atoms with van der Waals surface area (Å²) < 4.78 is 39.2. The lowest BCUT2D eigenvalue weighted by molar-refractivity contribution is -0.130. The first-order chi connectivity index (χ1) is 14.8. The zero-order chi connectivity index (χ0) is 22.0. The molecule has 0 radical (unpaired) electrons. The largest absolute Gasteiger partial charge is 0.490 e. The third-order valence-corrected chi connectivity index (χ3v) is 7.33. The van der Waals surface area contributed by atoms with Crippen LogP contribution in [0.2, 0.25) is 0 Å². The van der Waals surface area contributed by atoms with Crippen LogP contribution in [0.5, 0.6) is 11.5 Å². The molecule has 0 aromatic heterocycles. The van der Waals surface area contributed by atoms with Crippen molar-refractivity contribution in [1.82, 2.24) is 9.62 Å². The summed E-state index contributed by atoms with van der Waals surface area (Å²) in [4.78, 5) is 14.8. The molecule has 1 atom stereocenters. The first kappa shape index (κ1) is 21.6. The normalized spacial score (nSPS) is 18.6. The number of hydrogen-bond acceptors (Lipinski definition) is 5. The van der Waals surface area contributed by atoms with Crippen LogP contribution in [0.4, 0.5) is 0 Å². The van der Waals surface area contributed by atoms with Gasteiger partial charge in [0.15, 0.2) is 11.5 Å². The summed E-state index contributed by atoms with van der Waals surface area (Å²) in [6.45, 7) is 5.35. The van der Waals surface area contributed by atoms with Crippen LogP contribution < -0.4 is 14.2 Å². The van der Waals surface area contributed by atoms with E-state index in [1.807, 2.05) is 32.0 Å². The smallest absolute Gasteiger partial charge is 0.241 e.